The molecular formula is C11H23BrS. The number of unbranched alkanes of at least 4 members (excludes halogenated alkanes) is 2. The molecule has 13 heavy (non-hydrogen) atoms. The minimum atomic E-state index is 0.774. The summed E-state index contributed by atoms with van der Waals surface area (Å²) in [4.78, 5) is 0.774. The summed E-state index contributed by atoms with van der Waals surface area (Å²) < 4.78 is 0. The number of alkyl halides is 1. The first-order valence-electron chi connectivity index (χ1n) is 5.53. The topological polar surface area (TPSA) is 0 Å². The van der Waals surface area contributed by atoms with Gasteiger partial charge in [0, 0.05) is 4.83 Å². The molecular weight excluding hydrogens is 244 g/mol. The van der Waals surface area contributed by atoms with Crippen LogP contribution in [-0.2, 0) is 0 Å². The highest BCUT2D eigenvalue weighted by atomic mass is 79.9. The third-order valence-electron chi connectivity index (χ3n) is 2.11. The van der Waals surface area contributed by atoms with Crippen LogP contribution in [0.5, 0.6) is 0 Å². The van der Waals surface area contributed by atoms with Gasteiger partial charge in [0.2, 0.25) is 0 Å². The molecule has 0 aromatic carbocycles. The van der Waals surface area contributed by atoms with Crippen molar-refractivity contribution in [2.24, 2.45) is 0 Å². The summed E-state index contributed by atoms with van der Waals surface area (Å²) in [5.74, 6) is 2.63. The SMILES string of the molecule is CCCC(Br)CCCCCSCC. The van der Waals surface area contributed by atoms with Crippen LogP contribution in [0.3, 0.4) is 0 Å². The standard InChI is InChI=1S/C11H23BrS/c1-3-8-11(12)9-6-5-7-10-13-4-2/h11H,3-10H2,1-2H3. The monoisotopic (exact) mass is 266 g/mol. The number of halogens is 1. The van der Waals surface area contributed by atoms with E-state index in [0.717, 1.165) is 4.83 Å². The maximum atomic E-state index is 3.72. The first kappa shape index (κ1) is 13.8. The summed E-state index contributed by atoms with van der Waals surface area (Å²) in [6.45, 7) is 4.49. The Hall–Kier alpha value is 0.830. The average molecular weight is 267 g/mol. The fourth-order valence-corrected chi connectivity index (χ4v) is 2.83. The first-order valence-corrected chi connectivity index (χ1v) is 7.60. The predicted molar refractivity (Wildman–Crippen MR) is 69.1 cm³/mol. The summed E-state index contributed by atoms with van der Waals surface area (Å²) in [5, 5.41) is 0. The van der Waals surface area contributed by atoms with Crippen LogP contribution in [-0.4, -0.2) is 16.3 Å². The molecule has 0 radical (unpaired) electrons. The summed E-state index contributed by atoms with van der Waals surface area (Å²) >= 11 is 5.78. The minimum Gasteiger partial charge on any atom is -0.162 e. The average Bonchev–Trinajstić information content (AvgIpc) is 2.11. The van der Waals surface area contributed by atoms with E-state index in [9.17, 15) is 0 Å². The van der Waals surface area contributed by atoms with E-state index in [1.807, 2.05) is 0 Å². The summed E-state index contributed by atoms with van der Waals surface area (Å²) in [6, 6.07) is 0. The second kappa shape index (κ2) is 10.9. The molecule has 0 aliphatic rings. The maximum absolute atomic E-state index is 3.72. The van der Waals surface area contributed by atoms with Gasteiger partial charge in [0.15, 0.2) is 0 Å². The Morgan fingerprint density at radius 1 is 1.08 bits per heavy atom. The van der Waals surface area contributed by atoms with E-state index < -0.39 is 0 Å². The summed E-state index contributed by atoms with van der Waals surface area (Å²) in [6.07, 6.45) is 8.24. The fraction of sp³-hybridized carbons (Fsp3) is 1.00. The molecule has 2 heteroatoms. The highest BCUT2D eigenvalue weighted by Gasteiger charge is 2.01. The predicted octanol–water partition coefficient (Wildman–Crippen LogP) is 4.86. The van der Waals surface area contributed by atoms with E-state index >= 15 is 0 Å². The minimum absolute atomic E-state index is 0.774. The third kappa shape index (κ3) is 10.8. The van der Waals surface area contributed by atoms with Crippen molar-refractivity contribution >= 4 is 27.7 Å². The molecule has 0 aliphatic heterocycles. The lowest BCUT2D eigenvalue weighted by Crippen LogP contribution is -1.96. The lowest BCUT2D eigenvalue weighted by molar-refractivity contribution is 0.622. The second-order valence-electron chi connectivity index (χ2n) is 3.43. The lowest BCUT2D eigenvalue weighted by Gasteiger charge is -2.07. The number of hydrogen-bond donors (Lipinski definition) is 0. The van der Waals surface area contributed by atoms with Gasteiger partial charge in [-0.1, -0.05) is 49.0 Å². The lowest BCUT2D eigenvalue weighted by atomic mass is 10.1. The van der Waals surface area contributed by atoms with Crippen LogP contribution >= 0.6 is 27.7 Å². The van der Waals surface area contributed by atoms with Crippen LogP contribution in [0.25, 0.3) is 0 Å². The van der Waals surface area contributed by atoms with Crippen molar-refractivity contribution in [1.82, 2.24) is 0 Å². The van der Waals surface area contributed by atoms with E-state index in [2.05, 4.69) is 41.5 Å². The maximum Gasteiger partial charge on any atom is 0.0145 e. The molecule has 0 saturated heterocycles. The molecule has 0 aromatic rings. The number of rotatable bonds is 9. The highest BCUT2D eigenvalue weighted by molar-refractivity contribution is 9.09. The quantitative estimate of drug-likeness (QED) is 0.424. The van der Waals surface area contributed by atoms with Crippen molar-refractivity contribution in [3.8, 4) is 0 Å². The largest absolute Gasteiger partial charge is 0.162 e. The molecule has 0 fully saturated rings. The Morgan fingerprint density at radius 2 is 1.85 bits per heavy atom. The van der Waals surface area contributed by atoms with Crippen LogP contribution in [0.4, 0.5) is 0 Å². The van der Waals surface area contributed by atoms with E-state index in [0.29, 0.717) is 0 Å². The van der Waals surface area contributed by atoms with E-state index in [1.54, 1.807) is 0 Å². The van der Waals surface area contributed by atoms with Gasteiger partial charge < -0.3 is 0 Å². The fourth-order valence-electron chi connectivity index (χ4n) is 1.35. The van der Waals surface area contributed by atoms with Gasteiger partial charge in [0.05, 0.1) is 0 Å². The normalized spacial score (nSPS) is 13.2. The molecule has 0 N–H and O–H groups in total. The second-order valence-corrected chi connectivity index (χ2v) is 6.12. The Balaban J connectivity index is 2.97. The Labute approximate surface area is 96.4 Å². The molecule has 0 saturated carbocycles. The Bertz CT molecular complexity index is 96.1. The van der Waals surface area contributed by atoms with E-state index in [1.165, 1.54) is 50.0 Å². The molecule has 0 bridgehead atoms. The molecule has 0 aliphatic carbocycles. The highest BCUT2D eigenvalue weighted by Crippen LogP contribution is 2.16. The number of hydrogen-bond acceptors (Lipinski definition) is 1. The van der Waals surface area contributed by atoms with Crippen molar-refractivity contribution in [2.75, 3.05) is 11.5 Å². The third-order valence-corrected chi connectivity index (χ3v) is 4.01. The van der Waals surface area contributed by atoms with Crippen LogP contribution in [0.15, 0.2) is 0 Å². The molecule has 80 valence electrons. The van der Waals surface area contributed by atoms with Gasteiger partial charge in [-0.15, -0.1) is 0 Å². The van der Waals surface area contributed by atoms with Gasteiger partial charge in [-0.25, -0.2) is 0 Å². The number of thioether (sulfide) groups is 1. The van der Waals surface area contributed by atoms with Crippen LogP contribution in [0.1, 0.15) is 52.4 Å². The molecule has 0 nitrogen and oxygen atoms in total. The molecule has 0 spiro atoms. The molecule has 1 atom stereocenters. The van der Waals surface area contributed by atoms with Gasteiger partial charge in [-0.3, -0.25) is 0 Å². The summed E-state index contributed by atoms with van der Waals surface area (Å²) in [5.41, 5.74) is 0. The molecule has 0 amide bonds. The van der Waals surface area contributed by atoms with Crippen molar-refractivity contribution in [3.63, 3.8) is 0 Å². The van der Waals surface area contributed by atoms with Gasteiger partial charge in [-0.2, -0.15) is 11.8 Å². The van der Waals surface area contributed by atoms with Crippen LogP contribution in [0, 0.1) is 0 Å². The van der Waals surface area contributed by atoms with Crippen molar-refractivity contribution in [2.45, 2.75) is 57.2 Å². The zero-order valence-corrected chi connectivity index (χ0v) is 11.4. The molecule has 0 heterocycles. The van der Waals surface area contributed by atoms with Gasteiger partial charge >= 0.3 is 0 Å². The molecule has 0 rings (SSSR count). The van der Waals surface area contributed by atoms with Crippen molar-refractivity contribution in [3.05, 3.63) is 0 Å². The van der Waals surface area contributed by atoms with E-state index in [-0.39, 0.29) is 0 Å². The molecule has 1 unspecified atom stereocenters. The van der Waals surface area contributed by atoms with Gasteiger partial charge in [-0.05, 0) is 30.8 Å². The Kier molecular flexibility index (Phi) is 11.6. The Morgan fingerprint density at radius 3 is 2.46 bits per heavy atom. The van der Waals surface area contributed by atoms with Crippen molar-refractivity contribution < 1.29 is 0 Å². The van der Waals surface area contributed by atoms with Crippen molar-refractivity contribution in [1.29, 1.82) is 0 Å². The van der Waals surface area contributed by atoms with E-state index in [4.69, 9.17) is 0 Å². The zero-order chi connectivity index (χ0) is 9.94. The molecule has 0 aromatic heterocycles. The summed E-state index contributed by atoms with van der Waals surface area (Å²) in [7, 11) is 0. The smallest absolute Gasteiger partial charge is 0.0145 e. The zero-order valence-electron chi connectivity index (χ0n) is 9.02. The first-order chi connectivity index (χ1) is 6.31. The van der Waals surface area contributed by atoms with Gasteiger partial charge in [0.25, 0.3) is 0 Å². The van der Waals surface area contributed by atoms with Crippen LogP contribution in [0.2, 0.25) is 0 Å². The van der Waals surface area contributed by atoms with Crippen LogP contribution < -0.4 is 0 Å². The van der Waals surface area contributed by atoms with Gasteiger partial charge in [0.1, 0.15) is 0 Å².